The van der Waals surface area contributed by atoms with Gasteiger partial charge in [0.1, 0.15) is 5.69 Å². The van der Waals surface area contributed by atoms with Crippen LogP contribution in [-0.4, -0.2) is 28.6 Å². The smallest absolute Gasteiger partial charge is 0.354 e. The molecule has 1 rings (SSSR count). The Morgan fingerprint density at radius 1 is 1.33 bits per heavy atom. The Bertz CT molecular complexity index is 404. The molecule has 1 heterocycles. The molecule has 0 aromatic carbocycles. The van der Waals surface area contributed by atoms with Crippen LogP contribution < -0.4 is 10.6 Å². The molecular weight excluding hydrogens is 234 g/mol. The number of unbranched alkanes of at least 4 members (excludes halogenated alkanes) is 2. The van der Waals surface area contributed by atoms with Crippen molar-refractivity contribution in [3.05, 3.63) is 24.0 Å². The molecule has 0 saturated carbocycles. The van der Waals surface area contributed by atoms with E-state index in [0.717, 1.165) is 19.3 Å². The van der Waals surface area contributed by atoms with Gasteiger partial charge in [0.15, 0.2) is 0 Å². The van der Waals surface area contributed by atoms with Gasteiger partial charge in [-0.3, -0.25) is 0 Å². The summed E-state index contributed by atoms with van der Waals surface area (Å²) in [6.45, 7) is 2.72. The molecule has 6 heteroatoms. The zero-order valence-corrected chi connectivity index (χ0v) is 10.3. The van der Waals surface area contributed by atoms with Gasteiger partial charge in [-0.2, -0.15) is 0 Å². The van der Waals surface area contributed by atoms with Crippen LogP contribution >= 0.6 is 0 Å². The SMILES string of the molecule is CCCCCNC(=O)Nc1ccc(C(=O)O)nc1. The predicted molar refractivity (Wildman–Crippen MR) is 67.7 cm³/mol. The van der Waals surface area contributed by atoms with Gasteiger partial charge in [-0.1, -0.05) is 19.8 Å². The average Bonchev–Trinajstić information content (AvgIpc) is 2.35. The predicted octanol–water partition coefficient (Wildman–Crippen LogP) is 2.09. The number of pyridine rings is 1. The molecule has 0 saturated heterocycles. The van der Waals surface area contributed by atoms with Crippen molar-refractivity contribution in [2.24, 2.45) is 0 Å². The van der Waals surface area contributed by atoms with E-state index < -0.39 is 5.97 Å². The van der Waals surface area contributed by atoms with E-state index in [4.69, 9.17) is 5.11 Å². The second-order valence-corrected chi connectivity index (χ2v) is 3.83. The van der Waals surface area contributed by atoms with Gasteiger partial charge in [0, 0.05) is 6.54 Å². The fraction of sp³-hybridized carbons (Fsp3) is 0.417. The molecule has 0 unspecified atom stereocenters. The first-order chi connectivity index (χ1) is 8.63. The van der Waals surface area contributed by atoms with Crippen molar-refractivity contribution < 1.29 is 14.7 Å². The number of aromatic nitrogens is 1. The largest absolute Gasteiger partial charge is 0.477 e. The molecular formula is C12H17N3O3. The first-order valence-corrected chi connectivity index (χ1v) is 5.87. The van der Waals surface area contributed by atoms with E-state index in [2.05, 4.69) is 22.5 Å². The number of nitrogens with one attached hydrogen (secondary N) is 2. The van der Waals surface area contributed by atoms with Gasteiger partial charge in [0.2, 0.25) is 0 Å². The molecule has 3 N–H and O–H groups in total. The number of amides is 2. The van der Waals surface area contributed by atoms with E-state index in [1.54, 1.807) is 0 Å². The number of carbonyl (C=O) groups is 2. The van der Waals surface area contributed by atoms with Gasteiger partial charge in [-0.25, -0.2) is 14.6 Å². The molecule has 0 aliphatic rings. The first kappa shape index (κ1) is 14.0. The molecule has 0 aliphatic carbocycles. The third-order valence-corrected chi connectivity index (χ3v) is 2.31. The summed E-state index contributed by atoms with van der Waals surface area (Å²) in [5.41, 5.74) is 0.414. The Labute approximate surface area is 105 Å². The highest BCUT2D eigenvalue weighted by molar-refractivity contribution is 5.90. The summed E-state index contributed by atoms with van der Waals surface area (Å²) in [7, 11) is 0. The van der Waals surface area contributed by atoms with Crippen molar-refractivity contribution in [1.82, 2.24) is 10.3 Å². The lowest BCUT2D eigenvalue weighted by Crippen LogP contribution is -2.29. The lowest BCUT2D eigenvalue weighted by molar-refractivity contribution is 0.0690. The van der Waals surface area contributed by atoms with E-state index in [1.165, 1.54) is 18.3 Å². The van der Waals surface area contributed by atoms with Crippen molar-refractivity contribution in [1.29, 1.82) is 0 Å². The number of hydrogen-bond donors (Lipinski definition) is 3. The highest BCUT2D eigenvalue weighted by atomic mass is 16.4. The van der Waals surface area contributed by atoms with E-state index in [1.807, 2.05) is 0 Å². The van der Waals surface area contributed by atoms with Gasteiger partial charge < -0.3 is 15.7 Å². The van der Waals surface area contributed by atoms with Crippen molar-refractivity contribution in [3.8, 4) is 0 Å². The standard InChI is InChI=1S/C12H17N3O3/c1-2-3-4-7-13-12(18)15-9-5-6-10(11(16)17)14-8-9/h5-6,8H,2-4,7H2,1H3,(H,16,17)(H2,13,15,18). The lowest BCUT2D eigenvalue weighted by atomic mass is 10.2. The second-order valence-electron chi connectivity index (χ2n) is 3.83. The van der Waals surface area contributed by atoms with E-state index in [-0.39, 0.29) is 11.7 Å². The van der Waals surface area contributed by atoms with Crippen molar-refractivity contribution in [2.75, 3.05) is 11.9 Å². The molecule has 6 nitrogen and oxygen atoms in total. The highest BCUT2D eigenvalue weighted by Crippen LogP contribution is 2.05. The van der Waals surface area contributed by atoms with Gasteiger partial charge in [-0.15, -0.1) is 0 Å². The van der Waals surface area contributed by atoms with Crippen molar-refractivity contribution >= 4 is 17.7 Å². The molecule has 1 aromatic rings. The minimum absolute atomic E-state index is 0.0519. The van der Waals surface area contributed by atoms with Crippen molar-refractivity contribution in [2.45, 2.75) is 26.2 Å². The van der Waals surface area contributed by atoms with Gasteiger partial charge in [0.05, 0.1) is 11.9 Å². The molecule has 0 radical (unpaired) electrons. The number of carbonyl (C=O) groups excluding carboxylic acids is 1. The number of carboxylic acid groups (broad SMARTS) is 1. The number of aromatic carboxylic acids is 1. The molecule has 18 heavy (non-hydrogen) atoms. The molecule has 2 amide bonds. The van der Waals surface area contributed by atoms with E-state index >= 15 is 0 Å². The zero-order chi connectivity index (χ0) is 13.4. The number of carboxylic acids is 1. The van der Waals surface area contributed by atoms with Gasteiger partial charge in [0.25, 0.3) is 0 Å². The second kappa shape index (κ2) is 7.26. The molecule has 0 spiro atoms. The van der Waals surface area contributed by atoms with Crippen LogP contribution in [0.25, 0.3) is 0 Å². The minimum Gasteiger partial charge on any atom is -0.477 e. The summed E-state index contributed by atoms with van der Waals surface area (Å²) in [6, 6.07) is 2.54. The van der Waals surface area contributed by atoms with Crippen LogP contribution in [0.1, 0.15) is 36.7 Å². The van der Waals surface area contributed by atoms with Crippen LogP contribution in [0.4, 0.5) is 10.5 Å². The van der Waals surface area contributed by atoms with E-state index in [0.29, 0.717) is 12.2 Å². The zero-order valence-electron chi connectivity index (χ0n) is 10.3. The summed E-state index contributed by atoms with van der Waals surface area (Å²) in [4.78, 5) is 25.7. The van der Waals surface area contributed by atoms with Gasteiger partial charge >= 0.3 is 12.0 Å². The maximum atomic E-state index is 11.4. The summed E-state index contributed by atoms with van der Waals surface area (Å²) in [5.74, 6) is -1.09. The Hall–Kier alpha value is -2.11. The molecule has 1 aromatic heterocycles. The lowest BCUT2D eigenvalue weighted by Gasteiger charge is -2.06. The summed E-state index contributed by atoms with van der Waals surface area (Å²) in [5, 5.41) is 14.0. The van der Waals surface area contributed by atoms with Crippen LogP contribution in [-0.2, 0) is 0 Å². The maximum Gasteiger partial charge on any atom is 0.354 e. The van der Waals surface area contributed by atoms with E-state index in [9.17, 15) is 9.59 Å². The number of anilines is 1. The van der Waals surface area contributed by atoms with Crippen LogP contribution in [0, 0.1) is 0 Å². The van der Waals surface area contributed by atoms with Crippen LogP contribution in [0.15, 0.2) is 18.3 Å². The third kappa shape index (κ3) is 4.82. The monoisotopic (exact) mass is 251 g/mol. The summed E-state index contributed by atoms with van der Waals surface area (Å²) < 4.78 is 0. The first-order valence-electron chi connectivity index (χ1n) is 5.87. The number of rotatable bonds is 6. The molecule has 0 bridgehead atoms. The fourth-order valence-corrected chi connectivity index (χ4v) is 1.35. The number of urea groups is 1. The Balaban J connectivity index is 2.37. The molecule has 0 fully saturated rings. The van der Waals surface area contributed by atoms with Crippen LogP contribution in [0.3, 0.4) is 0 Å². The quantitative estimate of drug-likeness (QED) is 0.675. The summed E-state index contributed by atoms with van der Waals surface area (Å²) >= 11 is 0. The van der Waals surface area contributed by atoms with Gasteiger partial charge in [-0.05, 0) is 18.6 Å². The molecule has 0 atom stereocenters. The number of hydrogen-bond acceptors (Lipinski definition) is 3. The minimum atomic E-state index is -1.09. The average molecular weight is 251 g/mol. The van der Waals surface area contributed by atoms with Crippen LogP contribution in [0.5, 0.6) is 0 Å². The molecule has 0 aliphatic heterocycles. The summed E-state index contributed by atoms with van der Waals surface area (Å²) in [6.07, 6.45) is 4.44. The normalized spacial score (nSPS) is 9.83. The fourth-order valence-electron chi connectivity index (χ4n) is 1.35. The Kier molecular flexibility index (Phi) is 5.63. The topological polar surface area (TPSA) is 91.3 Å². The van der Waals surface area contributed by atoms with Crippen molar-refractivity contribution in [3.63, 3.8) is 0 Å². The Morgan fingerprint density at radius 3 is 2.67 bits per heavy atom. The third-order valence-electron chi connectivity index (χ3n) is 2.31. The Morgan fingerprint density at radius 2 is 2.11 bits per heavy atom. The molecule has 98 valence electrons. The van der Waals surface area contributed by atoms with Crippen LogP contribution in [0.2, 0.25) is 0 Å². The maximum absolute atomic E-state index is 11.4. The highest BCUT2D eigenvalue weighted by Gasteiger charge is 2.05. The number of nitrogens with zero attached hydrogens (tertiary/aromatic N) is 1.